The molecule has 65 valence electrons. The van der Waals surface area contributed by atoms with E-state index in [0.29, 0.717) is 0 Å². The van der Waals surface area contributed by atoms with Gasteiger partial charge in [0, 0.05) is 12.1 Å². The van der Waals surface area contributed by atoms with Crippen LogP contribution in [0.15, 0.2) is 0 Å². The summed E-state index contributed by atoms with van der Waals surface area (Å²) in [4.78, 5) is 2.59. The molecule has 0 N–H and O–H groups in total. The van der Waals surface area contributed by atoms with E-state index in [1.165, 1.54) is 25.8 Å². The molecular weight excluding hydrogens is 134 g/mol. The van der Waals surface area contributed by atoms with Gasteiger partial charge in [0.05, 0.1) is 0 Å². The van der Waals surface area contributed by atoms with Gasteiger partial charge in [0.2, 0.25) is 0 Å². The van der Waals surface area contributed by atoms with Crippen molar-refractivity contribution in [2.75, 3.05) is 6.54 Å². The number of hydrogen-bond donors (Lipinski definition) is 0. The summed E-state index contributed by atoms with van der Waals surface area (Å²) in [6.45, 7) is 9.77. The van der Waals surface area contributed by atoms with Crippen LogP contribution in [-0.2, 0) is 0 Å². The number of nitrogens with zero attached hydrogens (tertiary/aromatic N) is 1. The molecule has 1 rings (SSSR count). The van der Waals surface area contributed by atoms with Crippen LogP contribution in [0.3, 0.4) is 0 Å². The van der Waals surface area contributed by atoms with Crippen molar-refractivity contribution < 1.29 is 0 Å². The Morgan fingerprint density at radius 3 is 2.27 bits per heavy atom. The van der Waals surface area contributed by atoms with E-state index in [0.717, 1.165) is 18.5 Å². The van der Waals surface area contributed by atoms with Crippen LogP contribution in [-0.4, -0.2) is 23.5 Å². The summed E-state index contributed by atoms with van der Waals surface area (Å²) in [5, 5.41) is 0. The molecule has 0 aliphatic carbocycles. The number of hydrogen-bond acceptors (Lipinski definition) is 1. The minimum absolute atomic E-state index is 0.792. The second kappa shape index (κ2) is 4.10. The lowest BCUT2D eigenvalue weighted by Crippen LogP contribution is -2.43. The van der Waals surface area contributed by atoms with Gasteiger partial charge in [-0.1, -0.05) is 13.3 Å². The molecule has 0 saturated carbocycles. The molecule has 2 unspecified atom stereocenters. The molecule has 1 heteroatoms. The third-order valence-electron chi connectivity index (χ3n) is 2.79. The number of rotatable bonds is 2. The first-order valence-corrected chi connectivity index (χ1v) is 4.80. The maximum atomic E-state index is 3.91. The number of piperidine rings is 1. The lowest BCUT2D eigenvalue weighted by molar-refractivity contribution is 0.106. The Balaban J connectivity index is 2.41. The summed E-state index contributed by atoms with van der Waals surface area (Å²) >= 11 is 0. The molecule has 0 spiro atoms. The van der Waals surface area contributed by atoms with Crippen molar-refractivity contribution in [3.63, 3.8) is 0 Å². The third-order valence-corrected chi connectivity index (χ3v) is 2.79. The molecule has 2 atom stereocenters. The van der Waals surface area contributed by atoms with Crippen LogP contribution in [0.5, 0.6) is 0 Å². The van der Waals surface area contributed by atoms with Crippen LogP contribution in [0.4, 0.5) is 0 Å². The first kappa shape index (κ1) is 9.05. The van der Waals surface area contributed by atoms with Crippen molar-refractivity contribution in [2.24, 2.45) is 0 Å². The van der Waals surface area contributed by atoms with Gasteiger partial charge >= 0.3 is 0 Å². The Bertz CT molecular complexity index is 101. The average Bonchev–Trinajstić information content (AvgIpc) is 1.97. The topological polar surface area (TPSA) is 3.24 Å². The largest absolute Gasteiger partial charge is 0.298 e. The second-order valence-corrected chi connectivity index (χ2v) is 3.72. The lowest BCUT2D eigenvalue weighted by Gasteiger charge is -2.38. The normalized spacial score (nSPS) is 34.1. The second-order valence-electron chi connectivity index (χ2n) is 3.72. The number of likely N-dealkylation sites (tertiary alicyclic amines) is 1. The van der Waals surface area contributed by atoms with Gasteiger partial charge < -0.3 is 0 Å². The maximum absolute atomic E-state index is 3.91. The Kier molecular flexibility index (Phi) is 3.38. The molecule has 1 radical (unpaired) electrons. The highest BCUT2D eigenvalue weighted by molar-refractivity contribution is 4.79. The molecule has 0 amide bonds. The van der Waals surface area contributed by atoms with Gasteiger partial charge in [-0.3, -0.25) is 4.90 Å². The summed E-state index contributed by atoms with van der Waals surface area (Å²) in [5.41, 5.74) is 0. The molecule has 0 aromatic heterocycles. The van der Waals surface area contributed by atoms with Crippen LogP contribution in [0.2, 0.25) is 0 Å². The lowest BCUT2D eigenvalue weighted by atomic mass is 9.97. The molecule has 0 aromatic rings. The monoisotopic (exact) mass is 154 g/mol. The first-order valence-electron chi connectivity index (χ1n) is 4.80. The zero-order chi connectivity index (χ0) is 8.27. The molecule has 1 fully saturated rings. The summed E-state index contributed by atoms with van der Waals surface area (Å²) < 4.78 is 0. The van der Waals surface area contributed by atoms with Gasteiger partial charge in [-0.05, 0) is 39.7 Å². The molecule has 0 aromatic carbocycles. The Morgan fingerprint density at radius 1 is 1.27 bits per heavy atom. The van der Waals surface area contributed by atoms with Crippen molar-refractivity contribution in [3.8, 4) is 0 Å². The van der Waals surface area contributed by atoms with Crippen LogP contribution in [0, 0.1) is 6.92 Å². The van der Waals surface area contributed by atoms with E-state index >= 15 is 0 Å². The summed E-state index contributed by atoms with van der Waals surface area (Å²) in [6.07, 6.45) is 5.22. The Morgan fingerprint density at radius 2 is 1.82 bits per heavy atom. The summed E-state index contributed by atoms with van der Waals surface area (Å²) in [6, 6.07) is 1.58. The molecule has 1 aliphatic rings. The van der Waals surface area contributed by atoms with E-state index in [-0.39, 0.29) is 0 Å². The standard InChI is InChI=1S/C10H20N/c1-4-8-11-9(2)6-5-7-10(11)3/h9-10H,1,4-8H2,2-3H3. The summed E-state index contributed by atoms with van der Waals surface area (Å²) in [5.74, 6) is 0. The van der Waals surface area contributed by atoms with Crippen molar-refractivity contribution >= 4 is 0 Å². The molecule has 11 heavy (non-hydrogen) atoms. The predicted octanol–water partition coefficient (Wildman–Crippen LogP) is 2.47. The van der Waals surface area contributed by atoms with E-state index < -0.39 is 0 Å². The fourth-order valence-electron chi connectivity index (χ4n) is 2.10. The van der Waals surface area contributed by atoms with Gasteiger partial charge in [0.25, 0.3) is 0 Å². The van der Waals surface area contributed by atoms with Crippen molar-refractivity contribution in [2.45, 2.75) is 51.6 Å². The Hall–Kier alpha value is -0.0400. The average molecular weight is 154 g/mol. The van der Waals surface area contributed by atoms with E-state index in [4.69, 9.17) is 0 Å². The highest BCUT2D eigenvalue weighted by Gasteiger charge is 2.22. The van der Waals surface area contributed by atoms with Gasteiger partial charge in [0.15, 0.2) is 0 Å². The zero-order valence-electron chi connectivity index (χ0n) is 7.84. The van der Waals surface area contributed by atoms with Crippen LogP contribution in [0.25, 0.3) is 0 Å². The van der Waals surface area contributed by atoms with Gasteiger partial charge in [-0.25, -0.2) is 0 Å². The SMILES string of the molecule is [CH2]CCN1C(C)CCCC1C. The molecule has 0 bridgehead atoms. The molecule has 1 nitrogen and oxygen atoms in total. The van der Waals surface area contributed by atoms with E-state index in [1.807, 2.05) is 0 Å². The van der Waals surface area contributed by atoms with Crippen molar-refractivity contribution in [1.82, 2.24) is 4.90 Å². The van der Waals surface area contributed by atoms with Crippen LogP contribution < -0.4 is 0 Å². The van der Waals surface area contributed by atoms with E-state index in [2.05, 4.69) is 25.7 Å². The van der Waals surface area contributed by atoms with Gasteiger partial charge in [-0.15, -0.1) is 0 Å². The highest BCUT2D eigenvalue weighted by atomic mass is 15.2. The quantitative estimate of drug-likeness (QED) is 0.590. The van der Waals surface area contributed by atoms with Crippen molar-refractivity contribution in [1.29, 1.82) is 0 Å². The Labute approximate surface area is 70.8 Å². The van der Waals surface area contributed by atoms with E-state index in [1.54, 1.807) is 0 Å². The van der Waals surface area contributed by atoms with E-state index in [9.17, 15) is 0 Å². The smallest absolute Gasteiger partial charge is 0.00697 e. The highest BCUT2D eigenvalue weighted by Crippen LogP contribution is 2.21. The molecular formula is C10H20N. The minimum atomic E-state index is 0.792. The van der Waals surface area contributed by atoms with Crippen LogP contribution >= 0.6 is 0 Å². The zero-order valence-corrected chi connectivity index (χ0v) is 7.84. The minimum Gasteiger partial charge on any atom is -0.298 e. The fourth-order valence-corrected chi connectivity index (χ4v) is 2.10. The van der Waals surface area contributed by atoms with Crippen LogP contribution in [0.1, 0.15) is 39.5 Å². The van der Waals surface area contributed by atoms with Crippen molar-refractivity contribution in [3.05, 3.63) is 6.92 Å². The fraction of sp³-hybridized carbons (Fsp3) is 0.900. The third kappa shape index (κ3) is 2.19. The van der Waals surface area contributed by atoms with Gasteiger partial charge in [-0.2, -0.15) is 0 Å². The first-order chi connectivity index (χ1) is 5.25. The molecule has 1 saturated heterocycles. The van der Waals surface area contributed by atoms with Gasteiger partial charge in [0.1, 0.15) is 0 Å². The summed E-state index contributed by atoms with van der Waals surface area (Å²) in [7, 11) is 0. The predicted molar refractivity (Wildman–Crippen MR) is 49.5 cm³/mol. The molecule has 1 heterocycles. The maximum Gasteiger partial charge on any atom is 0.00697 e. The molecule has 1 aliphatic heterocycles.